The van der Waals surface area contributed by atoms with E-state index in [1.54, 1.807) is 12.4 Å². The maximum absolute atomic E-state index is 14.6. The van der Waals surface area contributed by atoms with Crippen LogP contribution in [0.5, 0.6) is 0 Å². The summed E-state index contributed by atoms with van der Waals surface area (Å²) < 4.78 is 31.8. The lowest BCUT2D eigenvalue weighted by atomic mass is 10.0. The molecule has 0 radical (unpaired) electrons. The minimum atomic E-state index is -1.39. The van der Waals surface area contributed by atoms with Gasteiger partial charge in [-0.3, -0.25) is 10.1 Å². The topological polar surface area (TPSA) is 143 Å². The number of benzene rings is 1. The van der Waals surface area contributed by atoms with Crippen LogP contribution in [0.15, 0.2) is 40.1 Å². The summed E-state index contributed by atoms with van der Waals surface area (Å²) in [5, 5.41) is 10.7. The number of fused-ring (bicyclic) bond motifs is 1. The number of rotatable bonds is 3. The van der Waals surface area contributed by atoms with E-state index in [0.29, 0.717) is 21.4 Å². The number of halogens is 1. The summed E-state index contributed by atoms with van der Waals surface area (Å²) in [7, 11) is 0. The molecule has 3 aromatic heterocycles. The molecule has 0 saturated carbocycles. The molecule has 4 rings (SSSR count). The molecular weight excluding hydrogens is 359 g/mol. The number of aromatic amines is 1. The highest BCUT2D eigenvalue weighted by Gasteiger charge is 2.23. The van der Waals surface area contributed by atoms with E-state index >= 15 is 0 Å². The zero-order chi connectivity index (χ0) is 18.4. The van der Waals surface area contributed by atoms with E-state index in [4.69, 9.17) is 16.0 Å². The van der Waals surface area contributed by atoms with Crippen molar-refractivity contribution < 1.29 is 13.5 Å². The maximum atomic E-state index is 14.6. The predicted octanol–water partition coefficient (Wildman–Crippen LogP) is 2.32. The molecule has 4 aromatic rings. The Hall–Kier alpha value is -3.11. The maximum Gasteiger partial charge on any atom is 0.180 e. The Morgan fingerprint density at radius 1 is 1.23 bits per heavy atom. The highest BCUT2D eigenvalue weighted by Crippen LogP contribution is 2.38. The summed E-state index contributed by atoms with van der Waals surface area (Å²) in [5.41, 5.74) is 13.8. The van der Waals surface area contributed by atoms with E-state index in [9.17, 15) is 8.94 Å². The number of nitrogen functional groups attached to an aromatic ring is 2. The molecule has 0 aliphatic heterocycles. The number of H-pyrrole nitrogens is 1. The summed E-state index contributed by atoms with van der Waals surface area (Å²) in [6.07, 6.45) is 6.24. The van der Waals surface area contributed by atoms with Gasteiger partial charge in [0.05, 0.1) is 23.0 Å². The number of nitrogens with two attached hydrogens (primary N) is 2. The molecule has 132 valence electrons. The second kappa shape index (κ2) is 6.00. The first-order chi connectivity index (χ1) is 12.5. The summed E-state index contributed by atoms with van der Waals surface area (Å²) in [6.45, 7) is 0. The first-order valence-electron chi connectivity index (χ1n) is 7.43. The fourth-order valence-electron chi connectivity index (χ4n) is 2.77. The molecule has 10 heteroatoms. The van der Waals surface area contributed by atoms with Crippen molar-refractivity contribution in [2.45, 2.75) is 4.90 Å². The van der Waals surface area contributed by atoms with Crippen LogP contribution in [0.4, 0.5) is 15.9 Å². The second-order valence-corrected chi connectivity index (χ2v) is 6.95. The van der Waals surface area contributed by atoms with Crippen LogP contribution in [0.25, 0.3) is 33.4 Å². The van der Waals surface area contributed by atoms with Gasteiger partial charge in [0.15, 0.2) is 16.3 Å². The van der Waals surface area contributed by atoms with E-state index in [1.165, 1.54) is 18.5 Å². The van der Waals surface area contributed by atoms with Crippen LogP contribution in [-0.4, -0.2) is 31.1 Å². The van der Waals surface area contributed by atoms with Crippen LogP contribution in [0, 0.1) is 5.82 Å². The van der Waals surface area contributed by atoms with Gasteiger partial charge >= 0.3 is 0 Å². The molecule has 26 heavy (non-hydrogen) atoms. The summed E-state index contributed by atoms with van der Waals surface area (Å²) in [4.78, 5) is 4.67. The Labute approximate surface area is 149 Å². The number of aromatic nitrogens is 4. The molecule has 0 saturated heterocycles. The molecule has 8 nitrogen and oxygen atoms in total. The van der Waals surface area contributed by atoms with Gasteiger partial charge in [0.1, 0.15) is 12.1 Å². The number of pyridine rings is 1. The van der Waals surface area contributed by atoms with Crippen LogP contribution >= 0.6 is 0 Å². The fraction of sp³-hybridized carbons (Fsp3) is 0.0625. The Bertz CT molecular complexity index is 1110. The normalized spacial score (nSPS) is 12.6. The lowest BCUT2D eigenvalue weighted by molar-refractivity contribution is 0.461. The average molecular weight is 372 g/mol. The minimum Gasteiger partial charge on any atom is -0.612 e. The first-order valence-corrected chi connectivity index (χ1v) is 8.99. The monoisotopic (exact) mass is 372 g/mol. The van der Waals surface area contributed by atoms with Gasteiger partial charge in [-0.1, -0.05) is 5.16 Å². The third-order valence-corrected chi connectivity index (χ3v) is 4.97. The molecule has 1 aromatic carbocycles. The number of hydrogen-bond donors (Lipinski definition) is 3. The Balaban J connectivity index is 2.01. The van der Waals surface area contributed by atoms with Crippen molar-refractivity contribution in [3.63, 3.8) is 0 Å². The van der Waals surface area contributed by atoms with Crippen molar-refractivity contribution in [2.75, 3.05) is 17.7 Å². The van der Waals surface area contributed by atoms with E-state index in [0.717, 1.165) is 11.6 Å². The van der Waals surface area contributed by atoms with Gasteiger partial charge in [0.25, 0.3) is 0 Å². The third-order valence-electron chi connectivity index (χ3n) is 4.00. The van der Waals surface area contributed by atoms with Gasteiger partial charge in [0, 0.05) is 41.2 Å². The highest BCUT2D eigenvalue weighted by atomic mass is 32.2. The van der Waals surface area contributed by atoms with Crippen molar-refractivity contribution in [3.8, 4) is 22.4 Å². The Morgan fingerprint density at radius 2 is 2.04 bits per heavy atom. The Kier molecular flexibility index (Phi) is 3.78. The standard InChI is InChI=1S/C16H13FN6O2S/c1-26(24)12-2-8(10(17)3-11(12)18)14-13-15(25-23-16(13)19)9(6-20-14)7-4-21-22-5-7/h2-6H,18H2,1H3,(H2,19,23)(H,21,22). The second-order valence-electron chi connectivity index (χ2n) is 5.60. The van der Waals surface area contributed by atoms with Gasteiger partial charge in [-0.05, 0) is 11.2 Å². The van der Waals surface area contributed by atoms with Gasteiger partial charge in [0.2, 0.25) is 0 Å². The SMILES string of the molecule is C[S+]([O-])c1cc(-c2ncc(-c3cn[nH]c3)c3onc(N)c23)c(F)cc1N. The predicted molar refractivity (Wildman–Crippen MR) is 95.9 cm³/mol. The lowest BCUT2D eigenvalue weighted by Crippen LogP contribution is -2.04. The number of nitrogens with zero attached hydrogens (tertiary/aromatic N) is 3. The van der Waals surface area contributed by atoms with Crippen molar-refractivity contribution >= 4 is 33.7 Å². The summed E-state index contributed by atoms with van der Waals surface area (Å²) in [5.74, 6) is -0.537. The molecular formula is C16H13FN6O2S. The molecule has 5 N–H and O–H groups in total. The molecule has 3 heterocycles. The fourth-order valence-corrected chi connectivity index (χ4v) is 3.45. The third kappa shape index (κ3) is 2.47. The first kappa shape index (κ1) is 16.4. The van der Waals surface area contributed by atoms with Gasteiger partial charge in [-0.2, -0.15) is 5.10 Å². The summed E-state index contributed by atoms with van der Waals surface area (Å²) >= 11 is -1.39. The minimum absolute atomic E-state index is 0.0724. The van der Waals surface area contributed by atoms with Gasteiger partial charge < -0.3 is 20.5 Å². The van der Waals surface area contributed by atoms with Crippen LogP contribution in [0.1, 0.15) is 0 Å². The van der Waals surface area contributed by atoms with Crippen LogP contribution in [0.2, 0.25) is 0 Å². The van der Waals surface area contributed by atoms with E-state index in [1.807, 2.05) is 0 Å². The zero-order valence-electron chi connectivity index (χ0n) is 13.5. The summed E-state index contributed by atoms with van der Waals surface area (Å²) in [6, 6.07) is 2.53. The number of hydrogen-bond acceptors (Lipinski definition) is 7. The van der Waals surface area contributed by atoms with Crippen LogP contribution < -0.4 is 11.5 Å². The molecule has 0 bridgehead atoms. The average Bonchev–Trinajstić information content (AvgIpc) is 3.25. The van der Waals surface area contributed by atoms with E-state index in [-0.39, 0.29) is 22.8 Å². The van der Waals surface area contributed by atoms with Gasteiger partial charge in [-0.15, -0.1) is 0 Å². The van der Waals surface area contributed by atoms with E-state index in [2.05, 4.69) is 20.3 Å². The molecule has 0 spiro atoms. The van der Waals surface area contributed by atoms with E-state index < -0.39 is 17.0 Å². The molecule has 0 amide bonds. The van der Waals surface area contributed by atoms with Crippen molar-refractivity contribution in [3.05, 3.63) is 36.5 Å². The number of nitrogens with one attached hydrogen (secondary N) is 1. The molecule has 1 unspecified atom stereocenters. The number of anilines is 2. The van der Waals surface area contributed by atoms with Crippen molar-refractivity contribution in [1.82, 2.24) is 20.3 Å². The Morgan fingerprint density at radius 3 is 2.73 bits per heavy atom. The van der Waals surface area contributed by atoms with Crippen LogP contribution in [-0.2, 0) is 11.2 Å². The van der Waals surface area contributed by atoms with Crippen molar-refractivity contribution in [2.24, 2.45) is 0 Å². The molecule has 0 fully saturated rings. The zero-order valence-corrected chi connectivity index (χ0v) is 14.3. The smallest absolute Gasteiger partial charge is 0.180 e. The van der Waals surface area contributed by atoms with Crippen LogP contribution in [0.3, 0.4) is 0 Å². The molecule has 0 aliphatic carbocycles. The highest BCUT2D eigenvalue weighted by molar-refractivity contribution is 7.90. The van der Waals surface area contributed by atoms with Crippen molar-refractivity contribution in [1.29, 1.82) is 0 Å². The quantitative estimate of drug-likeness (QED) is 0.370. The molecule has 0 aliphatic rings. The largest absolute Gasteiger partial charge is 0.612 e. The molecule has 1 atom stereocenters. The van der Waals surface area contributed by atoms with Gasteiger partial charge in [-0.25, -0.2) is 4.39 Å². The lowest BCUT2D eigenvalue weighted by Gasteiger charge is -2.11.